The number of anilines is 1. The van der Waals surface area contributed by atoms with Crippen molar-refractivity contribution in [1.82, 2.24) is 4.98 Å². The van der Waals surface area contributed by atoms with Gasteiger partial charge in [0.15, 0.2) is 0 Å². The highest BCUT2D eigenvalue weighted by molar-refractivity contribution is 5.36. The summed E-state index contributed by atoms with van der Waals surface area (Å²) in [7, 11) is 0. The fourth-order valence-corrected chi connectivity index (χ4v) is 2.48. The third kappa shape index (κ3) is 2.30. The van der Waals surface area contributed by atoms with Crippen molar-refractivity contribution in [3.8, 4) is 5.75 Å². The molecule has 2 heterocycles. The normalized spacial score (nSPS) is 17.9. The third-order valence-electron chi connectivity index (χ3n) is 3.33. The fraction of sp³-hybridized carbons (Fsp3) is 0.267. The summed E-state index contributed by atoms with van der Waals surface area (Å²) >= 11 is 0. The van der Waals surface area contributed by atoms with E-state index in [0.717, 1.165) is 25.2 Å². The zero-order valence-electron chi connectivity index (χ0n) is 10.2. The Morgan fingerprint density at radius 1 is 1.28 bits per heavy atom. The van der Waals surface area contributed by atoms with Crippen LogP contribution in [0.2, 0.25) is 0 Å². The molecule has 3 rings (SSSR count). The Balaban J connectivity index is 1.73. The number of nitrogen functional groups attached to an aromatic ring is 1. The summed E-state index contributed by atoms with van der Waals surface area (Å²) in [6.45, 7) is 0.777. The summed E-state index contributed by atoms with van der Waals surface area (Å²) in [6, 6.07) is 12.2. The Hall–Kier alpha value is -2.03. The monoisotopic (exact) mass is 240 g/mol. The minimum atomic E-state index is 0.515. The molecule has 18 heavy (non-hydrogen) atoms. The van der Waals surface area contributed by atoms with E-state index in [9.17, 15) is 0 Å². The predicted molar refractivity (Wildman–Crippen MR) is 71.5 cm³/mol. The largest absolute Gasteiger partial charge is 0.493 e. The second-order valence-electron chi connectivity index (χ2n) is 4.78. The topological polar surface area (TPSA) is 48.1 Å². The highest BCUT2D eigenvalue weighted by Crippen LogP contribution is 2.28. The zero-order chi connectivity index (χ0) is 12.4. The van der Waals surface area contributed by atoms with E-state index in [1.807, 2.05) is 24.3 Å². The van der Waals surface area contributed by atoms with Gasteiger partial charge in [0.25, 0.3) is 0 Å². The van der Waals surface area contributed by atoms with Crippen molar-refractivity contribution in [2.24, 2.45) is 5.92 Å². The standard InChI is InChI=1S/C15H16N2O/c16-15-9-11(5-6-17-15)7-12-8-13-3-1-2-4-14(13)18-10-12/h1-6,9,12H,7-8,10H2,(H2,16,17)/t12-/m0/s1. The average Bonchev–Trinajstić information content (AvgIpc) is 2.39. The molecule has 0 spiro atoms. The number of pyridine rings is 1. The van der Waals surface area contributed by atoms with Gasteiger partial charge < -0.3 is 10.5 Å². The summed E-state index contributed by atoms with van der Waals surface area (Å²) < 4.78 is 5.79. The van der Waals surface area contributed by atoms with Gasteiger partial charge in [0.2, 0.25) is 0 Å². The van der Waals surface area contributed by atoms with Gasteiger partial charge >= 0.3 is 0 Å². The van der Waals surface area contributed by atoms with E-state index in [1.165, 1.54) is 11.1 Å². The van der Waals surface area contributed by atoms with E-state index in [0.29, 0.717) is 11.7 Å². The van der Waals surface area contributed by atoms with Crippen LogP contribution in [0, 0.1) is 5.92 Å². The summed E-state index contributed by atoms with van der Waals surface area (Å²) in [5.41, 5.74) is 8.23. The van der Waals surface area contributed by atoms with Gasteiger partial charge in [0.1, 0.15) is 11.6 Å². The summed E-state index contributed by atoms with van der Waals surface area (Å²) in [4.78, 5) is 4.02. The Labute approximate surface area is 107 Å². The Morgan fingerprint density at radius 2 is 2.17 bits per heavy atom. The van der Waals surface area contributed by atoms with Crippen molar-refractivity contribution >= 4 is 5.82 Å². The summed E-state index contributed by atoms with van der Waals surface area (Å²) in [6.07, 6.45) is 3.82. The number of nitrogens with two attached hydrogens (primary N) is 1. The van der Waals surface area contributed by atoms with Crippen LogP contribution in [0.4, 0.5) is 5.82 Å². The van der Waals surface area contributed by atoms with E-state index in [1.54, 1.807) is 6.20 Å². The molecule has 1 aliphatic heterocycles. The molecule has 1 aromatic carbocycles. The van der Waals surface area contributed by atoms with E-state index >= 15 is 0 Å². The highest BCUT2D eigenvalue weighted by atomic mass is 16.5. The number of hydrogen-bond donors (Lipinski definition) is 1. The number of rotatable bonds is 2. The van der Waals surface area contributed by atoms with Crippen molar-refractivity contribution < 1.29 is 4.74 Å². The molecule has 1 atom stereocenters. The highest BCUT2D eigenvalue weighted by Gasteiger charge is 2.19. The lowest BCUT2D eigenvalue weighted by Gasteiger charge is -2.25. The first-order valence-corrected chi connectivity index (χ1v) is 6.22. The first kappa shape index (κ1) is 11.1. The van der Waals surface area contributed by atoms with Crippen LogP contribution in [-0.4, -0.2) is 11.6 Å². The summed E-state index contributed by atoms with van der Waals surface area (Å²) in [5, 5.41) is 0. The van der Waals surface area contributed by atoms with Crippen molar-refractivity contribution in [2.45, 2.75) is 12.8 Å². The number of hydrogen-bond acceptors (Lipinski definition) is 3. The Bertz CT molecular complexity index is 554. The van der Waals surface area contributed by atoms with Gasteiger partial charge in [-0.25, -0.2) is 4.98 Å². The molecule has 0 unspecified atom stereocenters. The summed E-state index contributed by atoms with van der Waals surface area (Å²) in [5.74, 6) is 2.13. The molecule has 1 aromatic heterocycles. The number of aromatic nitrogens is 1. The van der Waals surface area contributed by atoms with Crippen LogP contribution in [0.15, 0.2) is 42.6 Å². The lowest BCUT2D eigenvalue weighted by atomic mass is 9.91. The van der Waals surface area contributed by atoms with E-state index in [2.05, 4.69) is 17.1 Å². The van der Waals surface area contributed by atoms with Crippen LogP contribution in [-0.2, 0) is 12.8 Å². The number of ether oxygens (including phenoxy) is 1. The molecule has 2 N–H and O–H groups in total. The maximum atomic E-state index is 5.79. The molecule has 0 radical (unpaired) electrons. The first-order valence-electron chi connectivity index (χ1n) is 6.22. The quantitative estimate of drug-likeness (QED) is 0.877. The molecule has 1 aliphatic rings. The SMILES string of the molecule is Nc1cc(C[C@@H]2COc3ccccc3C2)ccn1. The zero-order valence-corrected chi connectivity index (χ0v) is 10.2. The lowest BCUT2D eigenvalue weighted by molar-refractivity contribution is 0.221. The second kappa shape index (κ2) is 4.69. The van der Waals surface area contributed by atoms with Crippen molar-refractivity contribution in [3.05, 3.63) is 53.7 Å². The number of benzene rings is 1. The molecule has 0 aliphatic carbocycles. The maximum Gasteiger partial charge on any atom is 0.123 e. The van der Waals surface area contributed by atoms with E-state index < -0.39 is 0 Å². The van der Waals surface area contributed by atoms with Crippen molar-refractivity contribution in [1.29, 1.82) is 0 Å². The van der Waals surface area contributed by atoms with Crippen LogP contribution in [0.3, 0.4) is 0 Å². The molecular formula is C15H16N2O. The first-order chi connectivity index (χ1) is 8.81. The van der Waals surface area contributed by atoms with Gasteiger partial charge in [0.05, 0.1) is 6.61 Å². The molecule has 2 aromatic rings. The van der Waals surface area contributed by atoms with Gasteiger partial charge in [-0.05, 0) is 42.2 Å². The number of fused-ring (bicyclic) bond motifs is 1. The molecule has 3 nitrogen and oxygen atoms in total. The smallest absolute Gasteiger partial charge is 0.123 e. The van der Waals surface area contributed by atoms with Crippen LogP contribution in [0.25, 0.3) is 0 Å². The minimum Gasteiger partial charge on any atom is -0.493 e. The fourth-order valence-electron chi connectivity index (χ4n) is 2.48. The molecule has 3 heteroatoms. The molecule has 92 valence electrons. The average molecular weight is 240 g/mol. The van der Waals surface area contributed by atoms with Gasteiger partial charge in [-0.2, -0.15) is 0 Å². The minimum absolute atomic E-state index is 0.515. The molecular weight excluding hydrogens is 224 g/mol. The van der Waals surface area contributed by atoms with Crippen molar-refractivity contribution in [3.63, 3.8) is 0 Å². The predicted octanol–water partition coefficient (Wildman–Crippen LogP) is 2.46. The Kier molecular flexibility index (Phi) is 2.89. The van der Waals surface area contributed by atoms with Gasteiger partial charge in [0, 0.05) is 12.1 Å². The second-order valence-corrected chi connectivity index (χ2v) is 4.78. The van der Waals surface area contributed by atoms with Crippen molar-refractivity contribution in [2.75, 3.05) is 12.3 Å². The number of para-hydroxylation sites is 1. The molecule has 0 saturated heterocycles. The van der Waals surface area contributed by atoms with Gasteiger partial charge in [-0.3, -0.25) is 0 Å². The maximum absolute atomic E-state index is 5.79. The van der Waals surface area contributed by atoms with Crippen LogP contribution < -0.4 is 10.5 Å². The van der Waals surface area contributed by atoms with Gasteiger partial charge in [-0.15, -0.1) is 0 Å². The molecule has 0 bridgehead atoms. The Morgan fingerprint density at radius 3 is 3.06 bits per heavy atom. The lowest BCUT2D eigenvalue weighted by Crippen LogP contribution is -2.22. The molecule has 0 saturated carbocycles. The van der Waals surface area contributed by atoms with E-state index in [-0.39, 0.29) is 0 Å². The van der Waals surface area contributed by atoms with Crippen LogP contribution in [0.1, 0.15) is 11.1 Å². The third-order valence-corrected chi connectivity index (χ3v) is 3.33. The van der Waals surface area contributed by atoms with Gasteiger partial charge in [-0.1, -0.05) is 18.2 Å². The molecule has 0 amide bonds. The number of nitrogens with zero attached hydrogens (tertiary/aromatic N) is 1. The van der Waals surface area contributed by atoms with Crippen LogP contribution >= 0.6 is 0 Å². The van der Waals surface area contributed by atoms with E-state index in [4.69, 9.17) is 10.5 Å². The van der Waals surface area contributed by atoms with Crippen LogP contribution in [0.5, 0.6) is 5.75 Å². The molecule has 0 fully saturated rings.